The molecule has 0 atom stereocenters. The second-order valence-corrected chi connectivity index (χ2v) is 3.89. The minimum atomic E-state index is 0.323. The Kier molecular flexibility index (Phi) is 2.82. The number of hydrogen-bond acceptors (Lipinski definition) is 2. The third-order valence-corrected chi connectivity index (χ3v) is 2.75. The number of aromatic hydroxyl groups is 1. The van der Waals surface area contributed by atoms with E-state index in [2.05, 4.69) is 5.32 Å². The number of rotatable bonds is 2. The van der Waals surface area contributed by atoms with Gasteiger partial charge in [0.2, 0.25) is 0 Å². The first-order valence-corrected chi connectivity index (χ1v) is 5.29. The third kappa shape index (κ3) is 2.01. The Morgan fingerprint density at radius 1 is 0.938 bits per heavy atom. The molecule has 0 aromatic heterocycles. The summed E-state index contributed by atoms with van der Waals surface area (Å²) in [4.78, 5) is 0. The highest BCUT2D eigenvalue weighted by molar-refractivity contribution is 5.68. The maximum Gasteiger partial charge on any atom is 0.142 e. The summed E-state index contributed by atoms with van der Waals surface area (Å²) in [6.07, 6.45) is 0. The van der Waals surface area contributed by atoms with Gasteiger partial charge in [-0.1, -0.05) is 24.3 Å². The van der Waals surface area contributed by atoms with E-state index in [9.17, 15) is 5.11 Å². The molecule has 2 rings (SSSR count). The largest absolute Gasteiger partial charge is 0.505 e. The highest BCUT2D eigenvalue weighted by Gasteiger charge is 2.06. The number of phenols is 1. The van der Waals surface area contributed by atoms with Crippen molar-refractivity contribution in [3.63, 3.8) is 0 Å². The minimum absolute atomic E-state index is 0.323. The van der Waals surface area contributed by atoms with Gasteiger partial charge in [-0.15, -0.1) is 0 Å². The zero-order valence-corrected chi connectivity index (χ0v) is 9.49. The summed E-state index contributed by atoms with van der Waals surface area (Å²) in [6.45, 7) is 3.90. The maximum absolute atomic E-state index is 9.98. The molecule has 0 radical (unpaired) electrons. The third-order valence-electron chi connectivity index (χ3n) is 2.75. The maximum atomic E-state index is 9.98. The fourth-order valence-corrected chi connectivity index (χ4v) is 1.58. The molecule has 0 amide bonds. The van der Waals surface area contributed by atoms with Crippen molar-refractivity contribution >= 4 is 11.4 Å². The molecule has 0 aliphatic rings. The summed E-state index contributed by atoms with van der Waals surface area (Å²) in [5.41, 5.74) is 3.73. The summed E-state index contributed by atoms with van der Waals surface area (Å²) in [6, 6.07) is 13.7. The van der Waals surface area contributed by atoms with Crippen LogP contribution in [0.2, 0.25) is 0 Å². The van der Waals surface area contributed by atoms with E-state index in [1.54, 1.807) is 0 Å². The first kappa shape index (κ1) is 10.6. The molecule has 0 bridgehead atoms. The summed E-state index contributed by atoms with van der Waals surface area (Å²) < 4.78 is 0. The molecule has 0 fully saturated rings. The number of phenolic OH excluding ortho intramolecular Hbond substituents is 1. The molecule has 82 valence electrons. The van der Waals surface area contributed by atoms with E-state index in [-0.39, 0.29) is 0 Å². The Balaban J connectivity index is 2.33. The molecule has 2 N–H and O–H groups in total. The van der Waals surface area contributed by atoms with Gasteiger partial charge >= 0.3 is 0 Å². The van der Waals surface area contributed by atoms with E-state index in [0.717, 1.165) is 22.5 Å². The molecule has 0 unspecified atom stereocenters. The summed E-state index contributed by atoms with van der Waals surface area (Å²) in [5, 5.41) is 13.2. The number of hydrogen-bond donors (Lipinski definition) is 2. The van der Waals surface area contributed by atoms with Crippen LogP contribution in [0.1, 0.15) is 11.1 Å². The molecule has 0 spiro atoms. The van der Waals surface area contributed by atoms with Gasteiger partial charge in [-0.05, 0) is 43.2 Å². The van der Waals surface area contributed by atoms with Crippen LogP contribution in [0.5, 0.6) is 5.75 Å². The van der Waals surface area contributed by atoms with Crippen molar-refractivity contribution in [1.82, 2.24) is 0 Å². The number of aryl methyl sites for hydroxylation is 1. The first-order valence-electron chi connectivity index (χ1n) is 5.29. The highest BCUT2D eigenvalue weighted by Crippen LogP contribution is 2.31. The van der Waals surface area contributed by atoms with Gasteiger partial charge in [0.1, 0.15) is 5.75 Å². The van der Waals surface area contributed by atoms with E-state index in [1.807, 2.05) is 56.3 Å². The van der Waals surface area contributed by atoms with Gasteiger partial charge in [-0.2, -0.15) is 0 Å². The Labute approximate surface area is 95.6 Å². The van der Waals surface area contributed by atoms with Crippen LogP contribution in [0.4, 0.5) is 11.4 Å². The molecule has 16 heavy (non-hydrogen) atoms. The van der Waals surface area contributed by atoms with Crippen LogP contribution in [0, 0.1) is 13.8 Å². The molecule has 0 aliphatic carbocycles. The Morgan fingerprint density at radius 3 is 2.31 bits per heavy atom. The lowest BCUT2D eigenvalue weighted by atomic mass is 10.1. The smallest absolute Gasteiger partial charge is 0.142 e. The summed E-state index contributed by atoms with van der Waals surface area (Å²) in [7, 11) is 0. The molecule has 2 aromatic carbocycles. The normalized spacial score (nSPS) is 10.1. The van der Waals surface area contributed by atoms with Crippen molar-refractivity contribution in [2.45, 2.75) is 13.8 Å². The van der Waals surface area contributed by atoms with Crippen LogP contribution < -0.4 is 5.32 Å². The molecule has 0 aliphatic heterocycles. The van der Waals surface area contributed by atoms with Crippen LogP contribution >= 0.6 is 0 Å². The van der Waals surface area contributed by atoms with Crippen molar-refractivity contribution in [3.8, 4) is 5.75 Å². The topological polar surface area (TPSA) is 32.3 Å². The van der Waals surface area contributed by atoms with E-state index in [4.69, 9.17) is 0 Å². The van der Waals surface area contributed by atoms with E-state index >= 15 is 0 Å². The van der Waals surface area contributed by atoms with E-state index < -0.39 is 0 Å². The SMILES string of the molecule is Cc1ccc(Nc2ccccc2)c(O)c1C. The molecule has 2 aromatic rings. The number of anilines is 2. The zero-order valence-electron chi connectivity index (χ0n) is 9.49. The Morgan fingerprint density at radius 2 is 1.62 bits per heavy atom. The van der Waals surface area contributed by atoms with Crippen LogP contribution in [-0.2, 0) is 0 Å². The monoisotopic (exact) mass is 213 g/mol. The van der Waals surface area contributed by atoms with Gasteiger partial charge in [-0.3, -0.25) is 0 Å². The molecule has 0 saturated heterocycles. The fraction of sp³-hybridized carbons (Fsp3) is 0.143. The first-order chi connectivity index (χ1) is 7.68. The highest BCUT2D eigenvalue weighted by atomic mass is 16.3. The van der Waals surface area contributed by atoms with E-state index in [1.165, 1.54) is 0 Å². The molecular formula is C14H15NO. The Hall–Kier alpha value is -1.96. The van der Waals surface area contributed by atoms with Crippen molar-refractivity contribution in [3.05, 3.63) is 53.6 Å². The van der Waals surface area contributed by atoms with Crippen LogP contribution in [0.25, 0.3) is 0 Å². The minimum Gasteiger partial charge on any atom is -0.505 e. The van der Waals surface area contributed by atoms with Crippen LogP contribution in [-0.4, -0.2) is 5.11 Å². The predicted octanol–water partition coefficient (Wildman–Crippen LogP) is 3.75. The summed E-state index contributed by atoms with van der Waals surface area (Å²) in [5.74, 6) is 0.323. The second kappa shape index (κ2) is 4.27. The van der Waals surface area contributed by atoms with Crippen molar-refractivity contribution in [1.29, 1.82) is 0 Å². The van der Waals surface area contributed by atoms with Gasteiger partial charge < -0.3 is 10.4 Å². The van der Waals surface area contributed by atoms with Gasteiger partial charge in [-0.25, -0.2) is 0 Å². The molecule has 0 heterocycles. The second-order valence-electron chi connectivity index (χ2n) is 3.89. The van der Waals surface area contributed by atoms with Crippen LogP contribution in [0.15, 0.2) is 42.5 Å². The van der Waals surface area contributed by atoms with Gasteiger partial charge in [0, 0.05) is 5.69 Å². The molecule has 2 heteroatoms. The lowest BCUT2D eigenvalue weighted by Crippen LogP contribution is -1.92. The lowest BCUT2D eigenvalue weighted by molar-refractivity contribution is 0.473. The number of nitrogens with one attached hydrogen (secondary N) is 1. The van der Waals surface area contributed by atoms with Gasteiger partial charge in [0.25, 0.3) is 0 Å². The van der Waals surface area contributed by atoms with Gasteiger partial charge in [0.15, 0.2) is 0 Å². The Bertz CT molecular complexity index is 492. The quantitative estimate of drug-likeness (QED) is 0.744. The van der Waals surface area contributed by atoms with Crippen LogP contribution in [0.3, 0.4) is 0 Å². The van der Waals surface area contributed by atoms with Crippen molar-refractivity contribution in [2.24, 2.45) is 0 Å². The van der Waals surface area contributed by atoms with Crippen molar-refractivity contribution in [2.75, 3.05) is 5.32 Å². The fourth-order valence-electron chi connectivity index (χ4n) is 1.58. The van der Waals surface area contributed by atoms with Gasteiger partial charge in [0.05, 0.1) is 5.69 Å². The average molecular weight is 213 g/mol. The number of para-hydroxylation sites is 1. The molecule has 0 saturated carbocycles. The average Bonchev–Trinajstić information content (AvgIpc) is 2.31. The zero-order chi connectivity index (χ0) is 11.5. The lowest BCUT2D eigenvalue weighted by Gasteiger charge is -2.11. The van der Waals surface area contributed by atoms with E-state index in [0.29, 0.717) is 5.75 Å². The van der Waals surface area contributed by atoms with Crippen molar-refractivity contribution < 1.29 is 5.11 Å². The predicted molar refractivity (Wildman–Crippen MR) is 67.3 cm³/mol. The molecular weight excluding hydrogens is 198 g/mol. The standard InChI is InChI=1S/C14H15NO/c1-10-8-9-13(14(16)11(10)2)15-12-6-4-3-5-7-12/h3-9,15-16H,1-2H3. The number of benzene rings is 2. The molecule has 2 nitrogen and oxygen atoms in total. The summed E-state index contributed by atoms with van der Waals surface area (Å²) >= 11 is 0.